The second kappa shape index (κ2) is 7.96. The summed E-state index contributed by atoms with van der Waals surface area (Å²) in [6.45, 7) is 0.996. The number of sulfonamides is 1. The molecule has 0 spiro atoms. The molecule has 0 unspecified atom stereocenters. The Hall–Kier alpha value is -3.36. The first-order valence-electron chi connectivity index (χ1n) is 10.4. The summed E-state index contributed by atoms with van der Waals surface area (Å²) in [7, 11) is -3.61. The number of carbonyl (C=O) groups excluding carboxylic acids is 2. The van der Waals surface area contributed by atoms with Crippen LogP contribution in [0, 0.1) is 0 Å². The zero-order valence-corrected chi connectivity index (χ0v) is 18.0. The van der Waals surface area contributed by atoms with Crippen LogP contribution in [0.1, 0.15) is 44.3 Å². The van der Waals surface area contributed by atoms with Gasteiger partial charge in [0.25, 0.3) is 11.8 Å². The van der Waals surface area contributed by atoms with Crippen LogP contribution in [0.5, 0.6) is 0 Å². The fraction of sp³-hybridized carbons (Fsp3) is 0.208. The summed E-state index contributed by atoms with van der Waals surface area (Å²) in [5, 5.41) is 0. The van der Waals surface area contributed by atoms with Crippen LogP contribution in [-0.2, 0) is 16.6 Å². The van der Waals surface area contributed by atoms with Gasteiger partial charge in [0.05, 0.1) is 17.0 Å². The van der Waals surface area contributed by atoms with Crippen LogP contribution in [-0.4, -0.2) is 47.5 Å². The van der Waals surface area contributed by atoms with Crippen molar-refractivity contribution in [2.75, 3.05) is 13.1 Å². The average Bonchev–Trinajstić information content (AvgIpc) is 3.41. The molecule has 0 N–H and O–H groups in total. The Bertz CT molecular complexity index is 1260. The topological polar surface area (TPSA) is 87.6 Å². The molecule has 0 radical (unpaired) electrons. The van der Waals surface area contributed by atoms with Gasteiger partial charge in [-0.2, -0.15) is 4.31 Å². The average molecular weight is 448 g/mol. The van der Waals surface area contributed by atoms with Gasteiger partial charge in [-0.05, 0) is 47.7 Å². The summed E-state index contributed by atoms with van der Waals surface area (Å²) in [5.74, 6) is -0.641. The highest BCUT2D eigenvalue weighted by Gasteiger charge is 2.37. The Labute approximate surface area is 186 Å². The van der Waals surface area contributed by atoms with Crippen molar-refractivity contribution in [3.05, 3.63) is 95.3 Å². The normalized spacial score (nSPS) is 18.9. The summed E-state index contributed by atoms with van der Waals surface area (Å²) in [4.78, 5) is 30.4. The number of nitrogens with zero attached hydrogens (tertiary/aromatic N) is 3. The Morgan fingerprint density at radius 2 is 1.66 bits per heavy atom. The predicted octanol–water partition coefficient (Wildman–Crippen LogP) is 3.06. The molecule has 1 aromatic heterocycles. The fourth-order valence-electron chi connectivity index (χ4n) is 4.30. The quantitative estimate of drug-likeness (QED) is 0.561. The van der Waals surface area contributed by atoms with Crippen molar-refractivity contribution < 1.29 is 18.0 Å². The molecular formula is C24H21N3O4S. The van der Waals surface area contributed by atoms with Gasteiger partial charge in [0.15, 0.2) is 0 Å². The molecular weight excluding hydrogens is 426 g/mol. The van der Waals surface area contributed by atoms with Gasteiger partial charge in [-0.15, -0.1) is 0 Å². The lowest BCUT2D eigenvalue weighted by Gasteiger charge is -2.18. The number of carbonyl (C=O) groups is 2. The third-order valence-corrected chi connectivity index (χ3v) is 7.93. The molecule has 3 heterocycles. The van der Waals surface area contributed by atoms with Gasteiger partial charge in [-0.3, -0.25) is 19.5 Å². The first-order valence-corrected chi connectivity index (χ1v) is 11.8. The van der Waals surface area contributed by atoms with E-state index >= 15 is 0 Å². The minimum absolute atomic E-state index is 0.0636. The summed E-state index contributed by atoms with van der Waals surface area (Å²) in [6.07, 6.45) is 2.27. The molecule has 162 valence electrons. The molecule has 32 heavy (non-hydrogen) atoms. The van der Waals surface area contributed by atoms with E-state index in [0.29, 0.717) is 24.2 Å². The number of hydrogen-bond donors (Lipinski definition) is 0. The van der Waals surface area contributed by atoms with Crippen molar-refractivity contribution in [3.8, 4) is 0 Å². The monoisotopic (exact) mass is 447 g/mol. The van der Waals surface area contributed by atoms with E-state index < -0.39 is 15.9 Å². The van der Waals surface area contributed by atoms with Crippen molar-refractivity contribution >= 4 is 21.8 Å². The molecule has 0 bridgehead atoms. The number of pyridine rings is 1. The minimum atomic E-state index is -3.61. The van der Waals surface area contributed by atoms with Crippen LogP contribution in [0.3, 0.4) is 0 Å². The van der Waals surface area contributed by atoms with Gasteiger partial charge >= 0.3 is 0 Å². The second-order valence-corrected chi connectivity index (χ2v) is 9.94. The maximum absolute atomic E-state index is 13.1. The second-order valence-electron chi connectivity index (χ2n) is 8.00. The van der Waals surface area contributed by atoms with E-state index in [1.165, 1.54) is 22.6 Å². The van der Waals surface area contributed by atoms with Crippen LogP contribution >= 0.6 is 0 Å². The molecule has 1 atom stereocenters. The molecule has 0 aliphatic carbocycles. The van der Waals surface area contributed by atoms with Gasteiger partial charge < -0.3 is 0 Å². The first kappa shape index (κ1) is 20.5. The molecule has 2 aromatic carbocycles. The third kappa shape index (κ3) is 3.51. The van der Waals surface area contributed by atoms with E-state index in [1.807, 2.05) is 30.3 Å². The zero-order valence-electron chi connectivity index (χ0n) is 17.2. The van der Waals surface area contributed by atoms with Crippen molar-refractivity contribution in [1.82, 2.24) is 14.2 Å². The number of aromatic nitrogens is 1. The number of hydrogen-bond acceptors (Lipinski definition) is 5. The van der Waals surface area contributed by atoms with Gasteiger partial charge in [0, 0.05) is 19.3 Å². The highest BCUT2D eigenvalue weighted by Crippen LogP contribution is 2.31. The van der Waals surface area contributed by atoms with Gasteiger partial charge in [0.2, 0.25) is 10.0 Å². The molecule has 8 heteroatoms. The highest BCUT2D eigenvalue weighted by molar-refractivity contribution is 7.89. The van der Waals surface area contributed by atoms with Crippen LogP contribution in [0.2, 0.25) is 0 Å². The maximum Gasteiger partial charge on any atom is 0.280 e. The highest BCUT2D eigenvalue weighted by atomic mass is 32.2. The predicted molar refractivity (Wildman–Crippen MR) is 117 cm³/mol. The Morgan fingerprint density at radius 1 is 0.906 bits per heavy atom. The molecule has 0 saturated carbocycles. The maximum atomic E-state index is 13.1. The standard InChI is InChI=1S/C24H21N3O4S/c28-23-21-7-4-13-25-22(21)24(29)27(23)15-17-8-10-20(11-9-17)32(30,31)26-14-12-19(16-26)18-5-2-1-3-6-18/h1-11,13,19H,12,14-16H2/t19-/m1/s1. The lowest BCUT2D eigenvalue weighted by molar-refractivity contribution is 0.0640. The molecule has 2 aliphatic heterocycles. The number of fused-ring (bicyclic) bond motifs is 1. The van der Waals surface area contributed by atoms with E-state index in [-0.39, 0.29) is 29.0 Å². The number of amides is 2. The van der Waals surface area contributed by atoms with Crippen LogP contribution in [0.15, 0.2) is 77.8 Å². The Kier molecular flexibility index (Phi) is 5.11. The molecule has 5 rings (SSSR count). The minimum Gasteiger partial charge on any atom is -0.268 e. The Morgan fingerprint density at radius 3 is 2.38 bits per heavy atom. The Balaban J connectivity index is 1.30. The largest absolute Gasteiger partial charge is 0.280 e. The van der Waals surface area contributed by atoms with Gasteiger partial charge in [-0.25, -0.2) is 8.42 Å². The number of benzene rings is 2. The lowest BCUT2D eigenvalue weighted by Crippen LogP contribution is -2.30. The SMILES string of the molecule is O=C1c2cccnc2C(=O)N1Cc1ccc(S(=O)(=O)N2CC[C@@H](c3ccccc3)C2)cc1. The molecule has 2 aliphatic rings. The molecule has 3 aromatic rings. The summed E-state index contributed by atoms with van der Waals surface area (Å²) >= 11 is 0. The van der Waals surface area contributed by atoms with Crippen molar-refractivity contribution in [3.63, 3.8) is 0 Å². The first-order chi connectivity index (χ1) is 15.4. The summed E-state index contributed by atoms with van der Waals surface area (Å²) in [5.41, 5.74) is 2.26. The number of rotatable bonds is 5. The van der Waals surface area contributed by atoms with E-state index in [2.05, 4.69) is 4.98 Å². The molecule has 7 nitrogen and oxygen atoms in total. The van der Waals surface area contributed by atoms with Crippen molar-refractivity contribution in [1.29, 1.82) is 0 Å². The van der Waals surface area contributed by atoms with E-state index in [4.69, 9.17) is 0 Å². The van der Waals surface area contributed by atoms with E-state index in [9.17, 15) is 18.0 Å². The molecule has 1 fully saturated rings. The third-order valence-electron chi connectivity index (χ3n) is 6.05. The van der Waals surface area contributed by atoms with Crippen LogP contribution in [0.4, 0.5) is 0 Å². The summed E-state index contributed by atoms with van der Waals surface area (Å²) < 4.78 is 27.8. The van der Waals surface area contributed by atoms with Crippen molar-refractivity contribution in [2.45, 2.75) is 23.8 Å². The van der Waals surface area contributed by atoms with Gasteiger partial charge in [-0.1, -0.05) is 42.5 Å². The van der Waals surface area contributed by atoms with Gasteiger partial charge in [0.1, 0.15) is 5.69 Å². The summed E-state index contributed by atoms with van der Waals surface area (Å²) in [6, 6.07) is 19.5. The van der Waals surface area contributed by atoms with E-state index in [0.717, 1.165) is 16.9 Å². The fourth-order valence-corrected chi connectivity index (χ4v) is 5.80. The number of imide groups is 1. The molecule has 1 saturated heterocycles. The lowest BCUT2D eigenvalue weighted by atomic mass is 9.99. The van der Waals surface area contributed by atoms with E-state index in [1.54, 1.807) is 24.3 Å². The molecule has 2 amide bonds. The van der Waals surface area contributed by atoms with Crippen molar-refractivity contribution in [2.24, 2.45) is 0 Å². The smallest absolute Gasteiger partial charge is 0.268 e. The zero-order chi connectivity index (χ0) is 22.3. The van der Waals surface area contributed by atoms with Crippen LogP contribution in [0.25, 0.3) is 0 Å². The van der Waals surface area contributed by atoms with Crippen LogP contribution < -0.4 is 0 Å².